The predicted molar refractivity (Wildman–Crippen MR) is 102 cm³/mol. The summed E-state index contributed by atoms with van der Waals surface area (Å²) in [5.41, 5.74) is 3.28. The molecule has 0 spiro atoms. The molecule has 24 heavy (non-hydrogen) atoms. The summed E-state index contributed by atoms with van der Waals surface area (Å²) in [4.78, 5) is 16.9. The molecule has 0 fully saturated rings. The Hall–Kier alpha value is -1.72. The van der Waals surface area contributed by atoms with Gasteiger partial charge in [-0.2, -0.15) is 0 Å². The van der Waals surface area contributed by atoms with Crippen LogP contribution in [0.3, 0.4) is 0 Å². The average molecular weight is 390 g/mol. The van der Waals surface area contributed by atoms with Crippen molar-refractivity contribution >= 4 is 21.8 Å². The maximum atomic E-state index is 12.3. The summed E-state index contributed by atoms with van der Waals surface area (Å²) in [7, 11) is 0. The number of aromatic nitrogens is 1. The van der Waals surface area contributed by atoms with Gasteiger partial charge in [-0.25, -0.2) is 0 Å². The van der Waals surface area contributed by atoms with Crippen LogP contribution in [-0.2, 0) is 0 Å². The molecule has 0 aliphatic carbocycles. The molecule has 4 nitrogen and oxygen atoms in total. The maximum absolute atomic E-state index is 12.3. The molecule has 0 aliphatic heterocycles. The van der Waals surface area contributed by atoms with Crippen molar-refractivity contribution in [3.05, 3.63) is 52.1 Å². The van der Waals surface area contributed by atoms with Crippen LogP contribution in [0.25, 0.3) is 11.3 Å². The van der Waals surface area contributed by atoms with Crippen LogP contribution in [0, 0.1) is 6.92 Å². The van der Waals surface area contributed by atoms with Gasteiger partial charge in [-0.05, 0) is 52.0 Å². The van der Waals surface area contributed by atoms with Crippen molar-refractivity contribution in [2.75, 3.05) is 13.1 Å². The number of hydrogen-bond acceptors (Lipinski definition) is 3. The molecular weight excluding hydrogens is 366 g/mol. The van der Waals surface area contributed by atoms with E-state index in [2.05, 4.69) is 52.3 Å². The minimum absolute atomic E-state index is 0.0494. The fourth-order valence-electron chi connectivity index (χ4n) is 2.32. The molecule has 5 heteroatoms. The number of halogens is 1. The topological polar surface area (TPSA) is 54.0 Å². The highest BCUT2D eigenvalue weighted by atomic mass is 79.9. The summed E-state index contributed by atoms with van der Waals surface area (Å²) < 4.78 is 1.01. The van der Waals surface area contributed by atoms with E-state index in [1.54, 1.807) is 0 Å². The number of amides is 1. The fourth-order valence-corrected chi connectivity index (χ4v) is 2.72. The first kappa shape index (κ1) is 18.6. The first-order chi connectivity index (χ1) is 11.3. The van der Waals surface area contributed by atoms with E-state index in [0.717, 1.165) is 28.0 Å². The first-order valence-corrected chi connectivity index (χ1v) is 8.82. The molecule has 0 saturated heterocycles. The summed E-state index contributed by atoms with van der Waals surface area (Å²) >= 11 is 3.47. The summed E-state index contributed by atoms with van der Waals surface area (Å²) in [6, 6.07) is 11.7. The summed E-state index contributed by atoms with van der Waals surface area (Å²) in [5, 5.41) is 6.28. The number of aryl methyl sites for hydroxylation is 1. The van der Waals surface area contributed by atoms with Crippen molar-refractivity contribution in [3.8, 4) is 11.3 Å². The molecule has 2 aromatic rings. The monoisotopic (exact) mass is 389 g/mol. The fraction of sp³-hybridized carbons (Fsp3) is 0.368. The van der Waals surface area contributed by atoms with E-state index in [1.165, 1.54) is 0 Å². The summed E-state index contributed by atoms with van der Waals surface area (Å²) in [6.07, 6.45) is 0. The number of hydrogen-bond donors (Lipinski definition) is 2. The van der Waals surface area contributed by atoms with E-state index in [0.29, 0.717) is 12.1 Å². The molecule has 2 N–H and O–H groups in total. The Balaban J connectivity index is 2.03. The molecule has 0 radical (unpaired) electrons. The molecule has 1 aromatic heterocycles. The van der Waals surface area contributed by atoms with E-state index in [4.69, 9.17) is 0 Å². The highest BCUT2D eigenvalue weighted by molar-refractivity contribution is 9.10. The van der Waals surface area contributed by atoms with Crippen molar-refractivity contribution in [2.45, 2.75) is 33.2 Å². The highest BCUT2D eigenvalue weighted by Gasteiger charge is 2.12. The van der Waals surface area contributed by atoms with Gasteiger partial charge in [-0.1, -0.05) is 28.1 Å². The van der Waals surface area contributed by atoms with Gasteiger partial charge in [0.05, 0.1) is 17.0 Å². The van der Waals surface area contributed by atoms with Crippen molar-refractivity contribution in [2.24, 2.45) is 0 Å². The number of nitrogens with one attached hydrogen (secondary N) is 2. The van der Waals surface area contributed by atoms with Gasteiger partial charge in [0.15, 0.2) is 0 Å². The van der Waals surface area contributed by atoms with Gasteiger partial charge in [0.1, 0.15) is 0 Å². The standard InChI is InChI=1S/C19H24BrN3O/c1-13-16(18(24)21-10-11-22-19(2,3)4)8-9-17(23-13)14-6-5-7-15(20)12-14/h5-9,12,22H,10-11H2,1-4H3,(H,21,24). The summed E-state index contributed by atoms with van der Waals surface area (Å²) in [5.74, 6) is -0.0866. The second kappa shape index (κ2) is 7.90. The van der Waals surface area contributed by atoms with Crippen LogP contribution in [0.1, 0.15) is 36.8 Å². The Labute approximate surface area is 152 Å². The Morgan fingerprint density at radius 1 is 1.17 bits per heavy atom. The number of carbonyl (C=O) groups excluding carboxylic acids is 1. The molecule has 0 aliphatic rings. The van der Waals surface area contributed by atoms with Crippen LogP contribution < -0.4 is 10.6 Å². The Morgan fingerprint density at radius 2 is 1.92 bits per heavy atom. The van der Waals surface area contributed by atoms with Gasteiger partial charge in [-0.15, -0.1) is 0 Å². The zero-order chi connectivity index (χ0) is 17.7. The minimum Gasteiger partial charge on any atom is -0.351 e. The lowest BCUT2D eigenvalue weighted by Crippen LogP contribution is -2.41. The van der Waals surface area contributed by atoms with Crippen LogP contribution in [0.4, 0.5) is 0 Å². The smallest absolute Gasteiger partial charge is 0.253 e. The van der Waals surface area contributed by atoms with Crippen LogP contribution in [0.2, 0.25) is 0 Å². The van der Waals surface area contributed by atoms with Gasteiger partial charge < -0.3 is 10.6 Å². The van der Waals surface area contributed by atoms with E-state index in [1.807, 2.05) is 43.3 Å². The number of benzene rings is 1. The third kappa shape index (κ3) is 5.42. The van der Waals surface area contributed by atoms with Crippen molar-refractivity contribution in [1.82, 2.24) is 15.6 Å². The van der Waals surface area contributed by atoms with E-state index in [-0.39, 0.29) is 11.4 Å². The lowest BCUT2D eigenvalue weighted by Gasteiger charge is -2.20. The second-order valence-corrected chi connectivity index (χ2v) is 7.69. The molecule has 0 bridgehead atoms. The molecule has 0 unspecified atom stereocenters. The first-order valence-electron chi connectivity index (χ1n) is 8.03. The number of carbonyl (C=O) groups is 1. The third-order valence-electron chi connectivity index (χ3n) is 3.52. The van der Waals surface area contributed by atoms with Gasteiger partial charge in [0, 0.05) is 28.7 Å². The van der Waals surface area contributed by atoms with Gasteiger partial charge in [0.25, 0.3) is 5.91 Å². The van der Waals surface area contributed by atoms with Crippen LogP contribution >= 0.6 is 15.9 Å². The minimum atomic E-state index is -0.0866. The van der Waals surface area contributed by atoms with Crippen LogP contribution in [-0.4, -0.2) is 29.5 Å². The van der Waals surface area contributed by atoms with Gasteiger partial charge in [-0.3, -0.25) is 9.78 Å². The van der Waals surface area contributed by atoms with E-state index in [9.17, 15) is 4.79 Å². The van der Waals surface area contributed by atoms with E-state index < -0.39 is 0 Å². The molecule has 2 rings (SSSR count). The number of rotatable bonds is 5. The molecule has 1 amide bonds. The van der Waals surface area contributed by atoms with Gasteiger partial charge in [0.2, 0.25) is 0 Å². The second-order valence-electron chi connectivity index (χ2n) is 6.77. The quantitative estimate of drug-likeness (QED) is 0.761. The molecule has 1 heterocycles. The Bertz CT molecular complexity index is 723. The summed E-state index contributed by atoms with van der Waals surface area (Å²) in [6.45, 7) is 9.49. The third-order valence-corrected chi connectivity index (χ3v) is 4.01. The van der Waals surface area contributed by atoms with Crippen molar-refractivity contribution in [3.63, 3.8) is 0 Å². The molecule has 128 valence electrons. The van der Waals surface area contributed by atoms with Crippen LogP contribution in [0.15, 0.2) is 40.9 Å². The molecule has 0 saturated carbocycles. The Kier molecular flexibility index (Phi) is 6.13. The van der Waals surface area contributed by atoms with Crippen LogP contribution in [0.5, 0.6) is 0 Å². The largest absolute Gasteiger partial charge is 0.351 e. The van der Waals surface area contributed by atoms with E-state index >= 15 is 0 Å². The molecular formula is C19H24BrN3O. The maximum Gasteiger partial charge on any atom is 0.253 e. The molecule has 0 atom stereocenters. The normalized spacial score (nSPS) is 11.4. The lowest BCUT2D eigenvalue weighted by molar-refractivity contribution is 0.0952. The zero-order valence-electron chi connectivity index (χ0n) is 14.6. The number of pyridine rings is 1. The number of nitrogens with zero attached hydrogens (tertiary/aromatic N) is 1. The predicted octanol–water partition coefficient (Wildman–Crippen LogP) is 3.94. The lowest BCUT2D eigenvalue weighted by atomic mass is 10.1. The Morgan fingerprint density at radius 3 is 2.54 bits per heavy atom. The zero-order valence-corrected chi connectivity index (χ0v) is 16.2. The highest BCUT2D eigenvalue weighted by Crippen LogP contribution is 2.22. The SMILES string of the molecule is Cc1nc(-c2cccc(Br)c2)ccc1C(=O)NCCNC(C)(C)C. The van der Waals surface area contributed by atoms with Crippen molar-refractivity contribution < 1.29 is 4.79 Å². The van der Waals surface area contributed by atoms with Gasteiger partial charge >= 0.3 is 0 Å². The average Bonchev–Trinajstić information content (AvgIpc) is 2.50. The molecule has 1 aromatic carbocycles. The van der Waals surface area contributed by atoms with Crippen molar-refractivity contribution in [1.29, 1.82) is 0 Å².